The molecule has 0 unspecified atom stereocenters. The van der Waals surface area contributed by atoms with E-state index >= 15 is 0 Å². The summed E-state index contributed by atoms with van der Waals surface area (Å²) < 4.78 is 0. The van der Waals surface area contributed by atoms with E-state index in [1.54, 1.807) is 24.3 Å². The summed E-state index contributed by atoms with van der Waals surface area (Å²) in [7, 11) is 0. The highest BCUT2D eigenvalue weighted by atomic mass is 16.2. The summed E-state index contributed by atoms with van der Waals surface area (Å²) in [5, 5.41) is 8.36. The van der Waals surface area contributed by atoms with Crippen molar-refractivity contribution in [3.05, 3.63) is 29.8 Å². The van der Waals surface area contributed by atoms with Crippen molar-refractivity contribution in [1.29, 1.82) is 0 Å². The highest BCUT2D eigenvalue weighted by molar-refractivity contribution is 5.95. The van der Waals surface area contributed by atoms with Gasteiger partial charge in [0, 0.05) is 36.7 Å². The smallest absolute Gasteiger partial charge is 0.251 e. The highest BCUT2D eigenvalue weighted by Gasteiger charge is 2.28. The van der Waals surface area contributed by atoms with E-state index in [0.717, 1.165) is 12.8 Å². The molecular formula is C18H25N3O3. The molecule has 3 amide bonds. The maximum Gasteiger partial charge on any atom is 0.251 e. The van der Waals surface area contributed by atoms with E-state index < -0.39 is 0 Å². The predicted octanol–water partition coefficient (Wildman–Crippen LogP) is 1.93. The highest BCUT2D eigenvalue weighted by Crippen LogP contribution is 2.28. The van der Waals surface area contributed by atoms with Crippen LogP contribution in [-0.4, -0.2) is 30.8 Å². The molecule has 1 saturated carbocycles. The minimum Gasteiger partial charge on any atom is -0.354 e. The number of carbonyl (C=O) groups is 3. The SMILES string of the molecule is CC(C)CC(=O)Nc1ccc(C(=O)NCCNC(=O)C2CC2)cc1. The zero-order valence-corrected chi connectivity index (χ0v) is 14.2. The Morgan fingerprint density at radius 3 is 2.25 bits per heavy atom. The second-order valence-electron chi connectivity index (χ2n) is 6.54. The molecule has 0 aromatic heterocycles. The van der Waals surface area contributed by atoms with E-state index in [0.29, 0.717) is 36.7 Å². The van der Waals surface area contributed by atoms with Gasteiger partial charge in [-0.1, -0.05) is 13.8 Å². The molecule has 130 valence electrons. The van der Waals surface area contributed by atoms with Gasteiger partial charge in [-0.2, -0.15) is 0 Å². The van der Waals surface area contributed by atoms with Crippen molar-refractivity contribution in [3.63, 3.8) is 0 Å². The molecule has 0 radical (unpaired) electrons. The van der Waals surface area contributed by atoms with Crippen LogP contribution in [0.5, 0.6) is 0 Å². The number of hydrogen-bond acceptors (Lipinski definition) is 3. The van der Waals surface area contributed by atoms with Gasteiger partial charge in [0.25, 0.3) is 5.91 Å². The van der Waals surface area contributed by atoms with E-state index in [4.69, 9.17) is 0 Å². The lowest BCUT2D eigenvalue weighted by Gasteiger charge is -2.09. The van der Waals surface area contributed by atoms with Crippen molar-refractivity contribution in [3.8, 4) is 0 Å². The molecular weight excluding hydrogens is 306 g/mol. The van der Waals surface area contributed by atoms with Gasteiger partial charge in [-0.15, -0.1) is 0 Å². The van der Waals surface area contributed by atoms with Crippen molar-refractivity contribution in [1.82, 2.24) is 10.6 Å². The molecule has 0 bridgehead atoms. The largest absolute Gasteiger partial charge is 0.354 e. The Morgan fingerprint density at radius 1 is 1.04 bits per heavy atom. The second-order valence-corrected chi connectivity index (χ2v) is 6.54. The molecule has 1 aliphatic carbocycles. The Labute approximate surface area is 142 Å². The van der Waals surface area contributed by atoms with E-state index in [9.17, 15) is 14.4 Å². The van der Waals surface area contributed by atoms with Crippen LogP contribution in [0.3, 0.4) is 0 Å². The molecule has 24 heavy (non-hydrogen) atoms. The topological polar surface area (TPSA) is 87.3 Å². The van der Waals surface area contributed by atoms with Gasteiger partial charge < -0.3 is 16.0 Å². The summed E-state index contributed by atoms with van der Waals surface area (Å²) >= 11 is 0. The number of rotatable bonds is 8. The molecule has 2 rings (SSSR count). The van der Waals surface area contributed by atoms with Gasteiger partial charge in [-0.3, -0.25) is 14.4 Å². The summed E-state index contributed by atoms with van der Waals surface area (Å²) in [6, 6.07) is 6.76. The van der Waals surface area contributed by atoms with E-state index in [1.807, 2.05) is 13.8 Å². The lowest BCUT2D eigenvalue weighted by Crippen LogP contribution is -2.35. The minimum absolute atomic E-state index is 0.0337. The van der Waals surface area contributed by atoms with Crippen LogP contribution in [0.2, 0.25) is 0 Å². The maximum absolute atomic E-state index is 12.0. The first-order chi connectivity index (χ1) is 11.5. The van der Waals surface area contributed by atoms with Gasteiger partial charge in [0.15, 0.2) is 0 Å². The zero-order valence-electron chi connectivity index (χ0n) is 14.2. The van der Waals surface area contributed by atoms with Crippen LogP contribution in [-0.2, 0) is 9.59 Å². The van der Waals surface area contributed by atoms with Gasteiger partial charge in [0.1, 0.15) is 0 Å². The lowest BCUT2D eigenvalue weighted by molar-refractivity contribution is -0.122. The van der Waals surface area contributed by atoms with Crippen LogP contribution < -0.4 is 16.0 Å². The van der Waals surface area contributed by atoms with Crippen molar-refractivity contribution in [2.24, 2.45) is 11.8 Å². The fourth-order valence-electron chi connectivity index (χ4n) is 2.24. The molecule has 0 spiro atoms. The van der Waals surface area contributed by atoms with Crippen LogP contribution in [0, 0.1) is 11.8 Å². The number of amides is 3. The van der Waals surface area contributed by atoms with Crippen LogP contribution >= 0.6 is 0 Å². The van der Waals surface area contributed by atoms with Gasteiger partial charge in [0.05, 0.1) is 0 Å². The van der Waals surface area contributed by atoms with Crippen molar-refractivity contribution in [2.45, 2.75) is 33.1 Å². The molecule has 1 aliphatic rings. The quantitative estimate of drug-likeness (QED) is 0.636. The predicted molar refractivity (Wildman–Crippen MR) is 92.6 cm³/mol. The monoisotopic (exact) mass is 331 g/mol. The molecule has 0 heterocycles. The molecule has 0 atom stereocenters. The molecule has 1 aromatic carbocycles. The molecule has 0 aliphatic heterocycles. The third-order valence-electron chi connectivity index (χ3n) is 3.68. The van der Waals surface area contributed by atoms with Gasteiger partial charge in [-0.05, 0) is 43.0 Å². The number of hydrogen-bond donors (Lipinski definition) is 3. The maximum atomic E-state index is 12.0. The standard InChI is InChI=1S/C18H25N3O3/c1-12(2)11-16(22)21-15-7-5-14(6-8-15)18(24)20-10-9-19-17(23)13-3-4-13/h5-8,12-13H,3-4,9-11H2,1-2H3,(H,19,23)(H,20,24)(H,21,22). The third kappa shape index (κ3) is 6.02. The summed E-state index contributed by atoms with van der Waals surface area (Å²) in [5.74, 6) is 0.324. The molecule has 1 aromatic rings. The third-order valence-corrected chi connectivity index (χ3v) is 3.68. The van der Waals surface area contributed by atoms with E-state index in [-0.39, 0.29) is 23.6 Å². The zero-order chi connectivity index (χ0) is 17.5. The minimum atomic E-state index is -0.198. The number of benzene rings is 1. The Kier molecular flexibility index (Phi) is 6.35. The first-order valence-electron chi connectivity index (χ1n) is 8.41. The molecule has 6 heteroatoms. The van der Waals surface area contributed by atoms with Crippen molar-refractivity contribution in [2.75, 3.05) is 18.4 Å². The Morgan fingerprint density at radius 2 is 1.67 bits per heavy atom. The van der Waals surface area contributed by atoms with Crippen molar-refractivity contribution < 1.29 is 14.4 Å². The Balaban J connectivity index is 1.72. The van der Waals surface area contributed by atoms with Crippen LogP contribution in [0.1, 0.15) is 43.5 Å². The fraction of sp³-hybridized carbons (Fsp3) is 0.500. The van der Waals surface area contributed by atoms with Gasteiger partial charge in [0.2, 0.25) is 11.8 Å². The Hall–Kier alpha value is -2.37. The fourth-order valence-corrected chi connectivity index (χ4v) is 2.24. The van der Waals surface area contributed by atoms with Crippen LogP contribution in [0.15, 0.2) is 24.3 Å². The number of anilines is 1. The van der Waals surface area contributed by atoms with E-state index in [2.05, 4.69) is 16.0 Å². The summed E-state index contributed by atoms with van der Waals surface area (Å²) in [5.41, 5.74) is 1.19. The molecule has 1 fully saturated rings. The van der Waals surface area contributed by atoms with Crippen molar-refractivity contribution >= 4 is 23.4 Å². The normalized spacial score (nSPS) is 13.5. The molecule has 0 saturated heterocycles. The lowest BCUT2D eigenvalue weighted by atomic mass is 10.1. The number of nitrogens with one attached hydrogen (secondary N) is 3. The van der Waals surface area contributed by atoms with Crippen LogP contribution in [0.4, 0.5) is 5.69 Å². The molecule has 3 N–H and O–H groups in total. The summed E-state index contributed by atoms with van der Waals surface area (Å²) in [6.07, 6.45) is 2.41. The first kappa shape index (κ1) is 18.0. The second kappa shape index (κ2) is 8.47. The first-order valence-corrected chi connectivity index (χ1v) is 8.41. The van der Waals surface area contributed by atoms with E-state index in [1.165, 1.54) is 0 Å². The average Bonchev–Trinajstić information content (AvgIpc) is 3.35. The number of carbonyl (C=O) groups excluding carboxylic acids is 3. The molecule has 6 nitrogen and oxygen atoms in total. The van der Waals surface area contributed by atoms with Gasteiger partial charge >= 0.3 is 0 Å². The summed E-state index contributed by atoms with van der Waals surface area (Å²) in [4.78, 5) is 35.2. The summed E-state index contributed by atoms with van der Waals surface area (Å²) in [6.45, 7) is 4.80. The average molecular weight is 331 g/mol. The van der Waals surface area contributed by atoms with Crippen LogP contribution in [0.25, 0.3) is 0 Å². The Bertz CT molecular complexity index is 592. The van der Waals surface area contributed by atoms with Gasteiger partial charge in [-0.25, -0.2) is 0 Å².